The molecule has 1 aromatic heterocycles. The molecule has 1 heterocycles. The first-order chi connectivity index (χ1) is 18.7. The van der Waals surface area contributed by atoms with Crippen LogP contribution in [0.3, 0.4) is 0 Å². The summed E-state index contributed by atoms with van der Waals surface area (Å²) in [5.41, 5.74) is 2.85. The quantitative estimate of drug-likeness (QED) is 0.331. The summed E-state index contributed by atoms with van der Waals surface area (Å²) >= 11 is 0. The molecule has 3 rings (SSSR count). The number of esters is 2. The zero-order valence-corrected chi connectivity index (χ0v) is 22.3. The molecular formula is C29H33N3O7. The minimum atomic E-state index is -1.67. The highest BCUT2D eigenvalue weighted by atomic mass is 16.6. The summed E-state index contributed by atoms with van der Waals surface area (Å²) in [4.78, 5) is 55.7. The van der Waals surface area contributed by atoms with Gasteiger partial charge in [0.15, 0.2) is 5.89 Å². The first-order valence-corrected chi connectivity index (χ1v) is 12.6. The van der Waals surface area contributed by atoms with Gasteiger partial charge in [0.05, 0.1) is 5.69 Å². The average Bonchev–Trinajstić information content (AvgIpc) is 3.36. The third kappa shape index (κ3) is 9.41. The van der Waals surface area contributed by atoms with Crippen LogP contribution < -0.4 is 5.32 Å². The van der Waals surface area contributed by atoms with Crippen molar-refractivity contribution >= 4 is 23.8 Å². The Morgan fingerprint density at radius 2 is 1.46 bits per heavy atom. The summed E-state index contributed by atoms with van der Waals surface area (Å²) in [5.74, 6) is -2.62. The molecule has 0 saturated heterocycles. The van der Waals surface area contributed by atoms with Crippen molar-refractivity contribution < 1.29 is 33.1 Å². The lowest BCUT2D eigenvalue weighted by Crippen LogP contribution is -2.53. The van der Waals surface area contributed by atoms with Crippen molar-refractivity contribution in [1.29, 1.82) is 0 Å². The van der Waals surface area contributed by atoms with Gasteiger partial charge in [0, 0.05) is 46.8 Å². The molecule has 0 radical (unpaired) electrons. The Morgan fingerprint density at radius 3 is 2.08 bits per heavy atom. The van der Waals surface area contributed by atoms with Gasteiger partial charge >= 0.3 is 11.9 Å². The molecule has 0 aliphatic rings. The standard InChI is InChI=1S/C29H33N3O7/c1-20(33)38-26(27(39-21(2)34)29(36)32(3)17-15-22-10-6-4-7-11-22)28(35)30-16-14-25-31-24(19-37-25)18-23-12-8-5-9-13-23/h4-13,19,26-27H,14-18H2,1-3H3,(H,30,35)/t26-,27-/m1/s1. The van der Waals surface area contributed by atoms with Gasteiger partial charge in [-0.2, -0.15) is 0 Å². The fourth-order valence-corrected chi connectivity index (χ4v) is 3.86. The minimum absolute atomic E-state index is 0.0900. The maximum Gasteiger partial charge on any atom is 0.303 e. The van der Waals surface area contributed by atoms with E-state index in [1.165, 1.54) is 11.9 Å². The van der Waals surface area contributed by atoms with Gasteiger partial charge in [-0.25, -0.2) is 4.98 Å². The summed E-state index contributed by atoms with van der Waals surface area (Å²) in [7, 11) is 1.53. The largest absolute Gasteiger partial charge is 0.449 e. The Bertz CT molecular complexity index is 1240. The molecule has 3 aromatic rings. The van der Waals surface area contributed by atoms with Crippen LogP contribution in [0.15, 0.2) is 71.3 Å². The SMILES string of the molecule is CC(=O)O[C@@H](C(=O)NCCc1nc(Cc2ccccc2)co1)[C@@H](OC(C)=O)C(=O)N(C)CCc1ccccc1. The van der Waals surface area contributed by atoms with E-state index in [1.807, 2.05) is 60.7 Å². The molecule has 1 N–H and O–H groups in total. The van der Waals surface area contributed by atoms with Crippen molar-refractivity contribution in [1.82, 2.24) is 15.2 Å². The van der Waals surface area contributed by atoms with Gasteiger partial charge in [-0.1, -0.05) is 60.7 Å². The van der Waals surface area contributed by atoms with Crippen LogP contribution in [0.25, 0.3) is 0 Å². The topological polar surface area (TPSA) is 128 Å². The highest BCUT2D eigenvalue weighted by Crippen LogP contribution is 2.13. The minimum Gasteiger partial charge on any atom is -0.449 e. The lowest BCUT2D eigenvalue weighted by molar-refractivity contribution is -0.177. The molecule has 2 atom stereocenters. The van der Waals surface area contributed by atoms with Gasteiger partial charge in [-0.3, -0.25) is 19.2 Å². The molecular weight excluding hydrogens is 502 g/mol. The van der Waals surface area contributed by atoms with Crippen LogP contribution in [0.2, 0.25) is 0 Å². The predicted molar refractivity (Wildman–Crippen MR) is 141 cm³/mol. The van der Waals surface area contributed by atoms with E-state index < -0.39 is 36.0 Å². The van der Waals surface area contributed by atoms with Gasteiger partial charge in [-0.15, -0.1) is 0 Å². The molecule has 10 nitrogen and oxygen atoms in total. The number of hydrogen-bond donors (Lipinski definition) is 1. The van der Waals surface area contributed by atoms with E-state index in [9.17, 15) is 19.2 Å². The number of rotatable bonds is 13. The molecule has 2 amide bonds. The van der Waals surface area contributed by atoms with Crippen LogP contribution in [0.5, 0.6) is 0 Å². The molecule has 10 heteroatoms. The fraction of sp³-hybridized carbons (Fsp3) is 0.345. The summed E-state index contributed by atoms with van der Waals surface area (Å²) in [6, 6.07) is 19.3. The van der Waals surface area contributed by atoms with E-state index in [0.29, 0.717) is 25.3 Å². The number of ether oxygens (including phenoxy) is 2. The molecule has 0 saturated carbocycles. The molecule has 0 aliphatic carbocycles. The summed E-state index contributed by atoms with van der Waals surface area (Å²) in [5, 5.41) is 2.62. The van der Waals surface area contributed by atoms with Crippen LogP contribution in [0, 0.1) is 0 Å². The molecule has 2 aromatic carbocycles. The van der Waals surface area contributed by atoms with Crippen LogP contribution in [-0.2, 0) is 47.9 Å². The third-order valence-corrected chi connectivity index (χ3v) is 5.78. The molecule has 0 aliphatic heterocycles. The monoisotopic (exact) mass is 535 g/mol. The smallest absolute Gasteiger partial charge is 0.303 e. The number of aromatic nitrogens is 1. The fourth-order valence-electron chi connectivity index (χ4n) is 3.86. The van der Waals surface area contributed by atoms with Crippen molar-refractivity contribution in [3.05, 3.63) is 89.6 Å². The predicted octanol–water partition coefficient (Wildman–Crippen LogP) is 2.49. The van der Waals surface area contributed by atoms with Crippen LogP contribution in [0.4, 0.5) is 0 Å². The number of nitrogens with one attached hydrogen (secondary N) is 1. The van der Waals surface area contributed by atoms with Crippen LogP contribution >= 0.6 is 0 Å². The average molecular weight is 536 g/mol. The Morgan fingerprint density at radius 1 is 0.872 bits per heavy atom. The van der Waals surface area contributed by atoms with E-state index in [1.54, 1.807) is 6.26 Å². The van der Waals surface area contributed by atoms with E-state index >= 15 is 0 Å². The highest BCUT2D eigenvalue weighted by molar-refractivity contribution is 5.93. The number of likely N-dealkylation sites (N-methyl/N-ethyl adjacent to an activating group) is 1. The second kappa shape index (κ2) is 14.5. The second-order valence-electron chi connectivity index (χ2n) is 8.99. The maximum absolute atomic E-state index is 13.2. The second-order valence-corrected chi connectivity index (χ2v) is 8.99. The van der Waals surface area contributed by atoms with Crippen LogP contribution in [0.1, 0.15) is 36.6 Å². The van der Waals surface area contributed by atoms with Gasteiger partial charge in [0.2, 0.25) is 12.2 Å². The van der Waals surface area contributed by atoms with Gasteiger partial charge in [0.25, 0.3) is 11.8 Å². The number of hydrogen-bond acceptors (Lipinski definition) is 8. The molecule has 0 unspecified atom stereocenters. The molecule has 39 heavy (non-hydrogen) atoms. The van der Waals surface area contributed by atoms with Crippen LogP contribution in [-0.4, -0.2) is 66.0 Å². The summed E-state index contributed by atoms with van der Waals surface area (Å²) < 4.78 is 15.9. The number of amides is 2. The normalized spacial score (nSPS) is 12.2. The number of benzene rings is 2. The molecule has 0 spiro atoms. The lowest BCUT2D eigenvalue weighted by Gasteiger charge is -2.28. The number of nitrogens with zero attached hydrogens (tertiary/aromatic N) is 2. The van der Waals surface area contributed by atoms with Crippen molar-refractivity contribution in [2.75, 3.05) is 20.1 Å². The Kier molecular flexibility index (Phi) is 10.8. The molecule has 0 bridgehead atoms. The van der Waals surface area contributed by atoms with Gasteiger partial charge in [-0.05, 0) is 17.5 Å². The Hall–Kier alpha value is -4.47. The first kappa shape index (κ1) is 29.1. The zero-order chi connectivity index (χ0) is 28.2. The van der Waals surface area contributed by atoms with Gasteiger partial charge in [0.1, 0.15) is 6.26 Å². The van der Waals surface area contributed by atoms with E-state index in [0.717, 1.165) is 30.7 Å². The maximum atomic E-state index is 13.2. The van der Waals surface area contributed by atoms with E-state index in [-0.39, 0.29) is 13.0 Å². The zero-order valence-electron chi connectivity index (χ0n) is 22.3. The van der Waals surface area contributed by atoms with Crippen molar-refractivity contribution in [3.63, 3.8) is 0 Å². The number of carbonyl (C=O) groups is 4. The van der Waals surface area contributed by atoms with Crippen molar-refractivity contribution in [2.24, 2.45) is 0 Å². The highest BCUT2D eigenvalue weighted by Gasteiger charge is 2.40. The number of carbonyl (C=O) groups excluding carboxylic acids is 4. The van der Waals surface area contributed by atoms with E-state index in [2.05, 4.69) is 10.3 Å². The molecule has 206 valence electrons. The molecule has 0 fully saturated rings. The van der Waals surface area contributed by atoms with Crippen molar-refractivity contribution in [3.8, 4) is 0 Å². The third-order valence-electron chi connectivity index (χ3n) is 5.78. The summed E-state index contributed by atoms with van der Waals surface area (Å²) in [6.07, 6.45) is -0.344. The Labute approximate surface area is 227 Å². The van der Waals surface area contributed by atoms with E-state index in [4.69, 9.17) is 13.9 Å². The van der Waals surface area contributed by atoms with Crippen molar-refractivity contribution in [2.45, 2.75) is 45.3 Å². The Balaban J connectivity index is 1.62. The number of oxazole rings is 1. The van der Waals surface area contributed by atoms with Gasteiger partial charge < -0.3 is 24.1 Å². The lowest BCUT2D eigenvalue weighted by atomic mass is 10.1. The first-order valence-electron chi connectivity index (χ1n) is 12.6. The summed E-state index contributed by atoms with van der Waals surface area (Å²) in [6.45, 7) is 2.61.